The van der Waals surface area contributed by atoms with E-state index in [2.05, 4.69) is 22.4 Å². The first-order valence-electron chi connectivity index (χ1n) is 7.99. The minimum atomic E-state index is -0.998. The molecular formula is C18H23N3OS. The van der Waals surface area contributed by atoms with Gasteiger partial charge in [0.15, 0.2) is 5.96 Å². The first-order valence-corrected chi connectivity index (χ1v) is 8.93. The lowest BCUT2D eigenvalue weighted by atomic mass is 9.90. The van der Waals surface area contributed by atoms with E-state index in [1.165, 1.54) is 24.0 Å². The molecule has 0 saturated heterocycles. The Morgan fingerprint density at radius 1 is 1.35 bits per heavy atom. The van der Waals surface area contributed by atoms with E-state index in [4.69, 9.17) is 5.73 Å². The monoisotopic (exact) mass is 329 g/mol. The third-order valence-electron chi connectivity index (χ3n) is 4.36. The average Bonchev–Trinajstić information content (AvgIpc) is 3.09. The van der Waals surface area contributed by atoms with Crippen molar-refractivity contribution in [3.05, 3.63) is 51.7 Å². The number of guanidine groups is 1. The van der Waals surface area contributed by atoms with Gasteiger partial charge in [-0.25, -0.2) is 4.99 Å². The van der Waals surface area contributed by atoms with Gasteiger partial charge >= 0.3 is 0 Å². The van der Waals surface area contributed by atoms with Gasteiger partial charge in [0.25, 0.3) is 0 Å². The molecule has 122 valence electrons. The van der Waals surface area contributed by atoms with E-state index in [0.717, 1.165) is 24.1 Å². The standard InChI is InChI=1S/C18H23N3OS/c1-18(22,14-9-10-23-11-14)12-20-17(19)21-16-8-4-6-13-5-2-3-7-15(13)16/h4,6,8-11,22H,2-3,5,7,12H2,1H3,(H3,19,20,21). The van der Waals surface area contributed by atoms with Crippen LogP contribution in [0.1, 0.15) is 36.5 Å². The molecule has 1 heterocycles. The summed E-state index contributed by atoms with van der Waals surface area (Å²) in [4.78, 5) is 4.33. The number of nitrogens with two attached hydrogens (primary N) is 1. The number of rotatable bonds is 4. The van der Waals surface area contributed by atoms with Crippen LogP contribution in [0.4, 0.5) is 5.69 Å². The molecule has 0 aliphatic heterocycles. The van der Waals surface area contributed by atoms with Crippen molar-refractivity contribution in [2.45, 2.75) is 38.2 Å². The molecule has 1 aliphatic rings. The maximum Gasteiger partial charge on any atom is 0.193 e. The number of nitrogens with one attached hydrogen (secondary N) is 1. The summed E-state index contributed by atoms with van der Waals surface area (Å²) in [6.45, 7) is 1.99. The number of thiophene rings is 1. The Labute approximate surface area is 141 Å². The Balaban J connectivity index is 1.71. The van der Waals surface area contributed by atoms with Gasteiger partial charge in [0.1, 0.15) is 5.60 Å². The summed E-state index contributed by atoms with van der Waals surface area (Å²) in [5.41, 5.74) is 9.69. The highest BCUT2D eigenvalue weighted by atomic mass is 32.1. The maximum atomic E-state index is 10.5. The summed E-state index contributed by atoms with van der Waals surface area (Å²) in [6.07, 6.45) is 4.69. The highest BCUT2D eigenvalue weighted by Crippen LogP contribution is 2.28. The number of anilines is 1. The lowest BCUT2D eigenvalue weighted by molar-refractivity contribution is 0.0678. The zero-order chi connectivity index (χ0) is 16.3. The molecule has 0 radical (unpaired) electrons. The summed E-state index contributed by atoms with van der Waals surface area (Å²) in [6, 6.07) is 8.20. The SMILES string of the molecule is CC(O)(CN=C(N)Nc1cccc2c1CCCC2)c1ccsc1. The van der Waals surface area contributed by atoms with Crippen LogP contribution in [0, 0.1) is 0 Å². The number of fused-ring (bicyclic) bond motifs is 1. The van der Waals surface area contributed by atoms with Crippen LogP contribution < -0.4 is 11.1 Å². The quantitative estimate of drug-likeness (QED) is 0.595. The topological polar surface area (TPSA) is 70.6 Å². The summed E-state index contributed by atoms with van der Waals surface area (Å²) >= 11 is 1.56. The maximum absolute atomic E-state index is 10.5. The fourth-order valence-corrected chi connectivity index (χ4v) is 3.76. The molecule has 0 spiro atoms. The van der Waals surface area contributed by atoms with Crippen LogP contribution in [0.2, 0.25) is 0 Å². The highest BCUT2D eigenvalue weighted by molar-refractivity contribution is 7.08. The van der Waals surface area contributed by atoms with E-state index < -0.39 is 5.60 Å². The van der Waals surface area contributed by atoms with Crippen molar-refractivity contribution in [1.29, 1.82) is 0 Å². The zero-order valence-electron chi connectivity index (χ0n) is 13.4. The Kier molecular flexibility index (Phi) is 4.68. The summed E-state index contributed by atoms with van der Waals surface area (Å²) in [7, 11) is 0. The highest BCUT2D eigenvalue weighted by Gasteiger charge is 2.23. The Morgan fingerprint density at radius 2 is 2.17 bits per heavy atom. The van der Waals surface area contributed by atoms with E-state index in [9.17, 15) is 5.11 Å². The Bertz CT molecular complexity index is 692. The van der Waals surface area contributed by atoms with E-state index >= 15 is 0 Å². The van der Waals surface area contributed by atoms with Gasteiger partial charge < -0.3 is 16.2 Å². The lowest BCUT2D eigenvalue weighted by Gasteiger charge is -2.21. The predicted molar refractivity (Wildman–Crippen MR) is 97.1 cm³/mol. The molecule has 1 atom stereocenters. The van der Waals surface area contributed by atoms with Crippen LogP contribution in [0.3, 0.4) is 0 Å². The molecule has 0 bridgehead atoms. The van der Waals surface area contributed by atoms with Gasteiger partial charge in [-0.1, -0.05) is 12.1 Å². The van der Waals surface area contributed by atoms with E-state index in [1.807, 2.05) is 22.9 Å². The van der Waals surface area contributed by atoms with E-state index in [1.54, 1.807) is 18.3 Å². The number of aliphatic hydroxyl groups is 1. The molecule has 0 saturated carbocycles. The lowest BCUT2D eigenvalue weighted by Crippen LogP contribution is -2.29. The number of hydrogen-bond donors (Lipinski definition) is 3. The molecule has 1 aromatic heterocycles. The summed E-state index contributed by atoms with van der Waals surface area (Å²) < 4.78 is 0. The molecular weight excluding hydrogens is 306 g/mol. The molecule has 0 fully saturated rings. The second kappa shape index (κ2) is 6.72. The minimum Gasteiger partial charge on any atom is -0.383 e. The van der Waals surface area contributed by atoms with Crippen LogP contribution in [0.15, 0.2) is 40.0 Å². The first kappa shape index (κ1) is 16.0. The van der Waals surface area contributed by atoms with Gasteiger partial charge in [0, 0.05) is 5.69 Å². The predicted octanol–water partition coefficient (Wildman–Crippen LogP) is 3.26. The second-order valence-corrected chi connectivity index (χ2v) is 7.04. The molecule has 1 aliphatic carbocycles. The molecule has 0 amide bonds. The van der Waals surface area contributed by atoms with Crippen molar-refractivity contribution in [3.63, 3.8) is 0 Å². The molecule has 4 nitrogen and oxygen atoms in total. The van der Waals surface area contributed by atoms with Crippen molar-refractivity contribution in [3.8, 4) is 0 Å². The van der Waals surface area contributed by atoms with Crippen molar-refractivity contribution in [2.75, 3.05) is 11.9 Å². The van der Waals surface area contributed by atoms with Gasteiger partial charge in [-0.05, 0) is 72.2 Å². The smallest absolute Gasteiger partial charge is 0.193 e. The molecule has 2 aromatic rings. The fraction of sp³-hybridized carbons (Fsp3) is 0.389. The van der Waals surface area contributed by atoms with Gasteiger partial charge in [0.2, 0.25) is 0 Å². The normalized spacial score (nSPS) is 17.4. The number of aryl methyl sites for hydroxylation is 1. The van der Waals surface area contributed by atoms with Gasteiger partial charge in [-0.2, -0.15) is 11.3 Å². The van der Waals surface area contributed by atoms with Crippen LogP contribution in [0.5, 0.6) is 0 Å². The van der Waals surface area contributed by atoms with Crippen molar-refractivity contribution in [1.82, 2.24) is 0 Å². The molecule has 23 heavy (non-hydrogen) atoms. The van der Waals surface area contributed by atoms with E-state index in [-0.39, 0.29) is 6.54 Å². The molecule has 1 unspecified atom stereocenters. The molecule has 1 aromatic carbocycles. The largest absolute Gasteiger partial charge is 0.383 e. The van der Waals surface area contributed by atoms with Crippen LogP contribution in [0.25, 0.3) is 0 Å². The van der Waals surface area contributed by atoms with E-state index in [0.29, 0.717) is 5.96 Å². The third kappa shape index (κ3) is 3.74. The Hall–Kier alpha value is -1.85. The molecule has 3 rings (SSSR count). The number of hydrogen-bond acceptors (Lipinski definition) is 3. The van der Waals surface area contributed by atoms with Gasteiger partial charge in [0.05, 0.1) is 6.54 Å². The second-order valence-electron chi connectivity index (χ2n) is 6.26. The number of nitrogens with zero attached hydrogens (tertiary/aromatic N) is 1. The summed E-state index contributed by atoms with van der Waals surface area (Å²) in [5, 5.41) is 17.6. The Morgan fingerprint density at radius 3 is 2.96 bits per heavy atom. The zero-order valence-corrected chi connectivity index (χ0v) is 14.2. The van der Waals surface area contributed by atoms with Crippen LogP contribution in [-0.2, 0) is 18.4 Å². The van der Waals surface area contributed by atoms with Crippen molar-refractivity contribution >= 4 is 23.0 Å². The van der Waals surface area contributed by atoms with Crippen molar-refractivity contribution in [2.24, 2.45) is 10.7 Å². The number of benzene rings is 1. The molecule has 4 N–H and O–H groups in total. The van der Waals surface area contributed by atoms with Gasteiger partial charge in [-0.3, -0.25) is 0 Å². The molecule has 5 heteroatoms. The average molecular weight is 329 g/mol. The fourth-order valence-electron chi connectivity index (χ4n) is 2.98. The van der Waals surface area contributed by atoms with Crippen LogP contribution >= 0.6 is 11.3 Å². The summed E-state index contributed by atoms with van der Waals surface area (Å²) in [5.74, 6) is 0.347. The van der Waals surface area contributed by atoms with Gasteiger partial charge in [-0.15, -0.1) is 0 Å². The van der Waals surface area contributed by atoms with Crippen LogP contribution in [-0.4, -0.2) is 17.6 Å². The number of aliphatic imine (C=N–C) groups is 1. The first-order chi connectivity index (χ1) is 11.1. The van der Waals surface area contributed by atoms with Crippen molar-refractivity contribution < 1.29 is 5.11 Å². The third-order valence-corrected chi connectivity index (χ3v) is 5.04. The minimum absolute atomic E-state index is 0.234.